The fourth-order valence-corrected chi connectivity index (χ4v) is 6.85. The number of rotatable bonds is 8. The Morgan fingerprint density at radius 1 is 0.462 bits per heavy atom. The SMILES string of the molecule is CC(C)(C)c1ccc2oc(-c3ccc(C(Cc4ccc(-c5nc6ccccc6o5)cc4)Cc4ccc(-c5nc6ccccc6o5)cc4)cc3)nc2c1. The molecule has 0 aliphatic heterocycles. The fourth-order valence-electron chi connectivity index (χ4n) is 6.85. The Balaban J connectivity index is 0.999. The first-order valence-corrected chi connectivity index (χ1v) is 17.7. The number of fused-ring (bicyclic) bond motifs is 3. The predicted molar refractivity (Wildman–Crippen MR) is 207 cm³/mol. The normalized spacial score (nSPS) is 12.1. The molecule has 0 saturated carbocycles. The van der Waals surface area contributed by atoms with E-state index in [0.29, 0.717) is 17.7 Å². The van der Waals surface area contributed by atoms with Crippen LogP contribution in [-0.4, -0.2) is 15.0 Å². The van der Waals surface area contributed by atoms with Crippen molar-refractivity contribution < 1.29 is 13.3 Å². The number of oxazole rings is 3. The zero-order chi connectivity index (χ0) is 35.2. The molecule has 0 N–H and O–H groups in total. The molecule has 52 heavy (non-hydrogen) atoms. The van der Waals surface area contributed by atoms with Gasteiger partial charge in [-0.2, -0.15) is 0 Å². The Labute approximate surface area is 301 Å². The first kappa shape index (κ1) is 31.7. The highest BCUT2D eigenvalue weighted by Crippen LogP contribution is 2.33. The second kappa shape index (κ2) is 12.8. The van der Waals surface area contributed by atoms with E-state index in [1.165, 1.54) is 22.3 Å². The van der Waals surface area contributed by atoms with Crippen LogP contribution < -0.4 is 0 Å². The third-order valence-electron chi connectivity index (χ3n) is 9.84. The number of hydrogen-bond donors (Lipinski definition) is 0. The molecule has 6 heteroatoms. The molecule has 0 radical (unpaired) electrons. The summed E-state index contributed by atoms with van der Waals surface area (Å²) < 4.78 is 18.3. The Bertz CT molecular complexity index is 2470. The lowest BCUT2D eigenvalue weighted by atomic mass is 9.86. The van der Waals surface area contributed by atoms with E-state index < -0.39 is 0 Å². The van der Waals surface area contributed by atoms with Crippen LogP contribution >= 0.6 is 0 Å². The molecule has 0 fully saturated rings. The van der Waals surface area contributed by atoms with Gasteiger partial charge in [-0.1, -0.05) is 87.5 Å². The highest BCUT2D eigenvalue weighted by molar-refractivity contribution is 5.78. The zero-order valence-electron chi connectivity index (χ0n) is 29.3. The van der Waals surface area contributed by atoms with E-state index in [2.05, 4.69) is 116 Å². The van der Waals surface area contributed by atoms with Crippen LogP contribution in [-0.2, 0) is 18.3 Å². The van der Waals surface area contributed by atoms with Crippen molar-refractivity contribution in [1.82, 2.24) is 15.0 Å². The first-order chi connectivity index (χ1) is 25.3. The van der Waals surface area contributed by atoms with Crippen LogP contribution in [0.2, 0.25) is 0 Å². The summed E-state index contributed by atoms with van der Waals surface area (Å²) >= 11 is 0. The van der Waals surface area contributed by atoms with Crippen molar-refractivity contribution in [3.05, 3.63) is 162 Å². The molecule has 254 valence electrons. The summed E-state index contributed by atoms with van der Waals surface area (Å²) in [6, 6.07) is 47.9. The van der Waals surface area contributed by atoms with Crippen molar-refractivity contribution in [3.63, 3.8) is 0 Å². The molecule has 9 aromatic rings. The third-order valence-corrected chi connectivity index (χ3v) is 9.84. The lowest BCUT2D eigenvalue weighted by Gasteiger charge is -2.19. The van der Waals surface area contributed by atoms with Crippen LogP contribution in [0.3, 0.4) is 0 Å². The van der Waals surface area contributed by atoms with E-state index in [1.54, 1.807) is 0 Å². The van der Waals surface area contributed by atoms with Crippen LogP contribution in [0.4, 0.5) is 0 Å². The molecular formula is C46H37N3O3. The van der Waals surface area contributed by atoms with Gasteiger partial charge in [0.25, 0.3) is 0 Å². The maximum Gasteiger partial charge on any atom is 0.227 e. The largest absolute Gasteiger partial charge is 0.436 e. The lowest BCUT2D eigenvalue weighted by molar-refractivity contribution is 0.590. The minimum absolute atomic E-state index is 0.0409. The summed E-state index contributed by atoms with van der Waals surface area (Å²) in [5.74, 6) is 2.12. The molecule has 9 rings (SSSR count). The van der Waals surface area contributed by atoms with Gasteiger partial charge in [0, 0.05) is 16.7 Å². The minimum atomic E-state index is 0.0409. The van der Waals surface area contributed by atoms with Crippen molar-refractivity contribution in [2.75, 3.05) is 0 Å². The quantitative estimate of drug-likeness (QED) is 0.159. The topological polar surface area (TPSA) is 78.1 Å². The number of hydrogen-bond acceptors (Lipinski definition) is 6. The second-order valence-electron chi connectivity index (χ2n) is 14.5. The van der Waals surface area contributed by atoms with Crippen LogP contribution in [0.5, 0.6) is 0 Å². The molecule has 0 amide bonds. The monoisotopic (exact) mass is 679 g/mol. The first-order valence-electron chi connectivity index (χ1n) is 17.7. The number of para-hydroxylation sites is 4. The van der Waals surface area contributed by atoms with Crippen LogP contribution in [0.1, 0.15) is 48.9 Å². The van der Waals surface area contributed by atoms with E-state index in [4.69, 9.17) is 18.2 Å². The molecule has 6 nitrogen and oxygen atoms in total. The lowest BCUT2D eigenvalue weighted by Crippen LogP contribution is -2.10. The predicted octanol–water partition coefficient (Wildman–Crippen LogP) is 12.0. The smallest absolute Gasteiger partial charge is 0.227 e. The number of aromatic nitrogens is 3. The molecule has 3 heterocycles. The van der Waals surface area contributed by atoms with Crippen molar-refractivity contribution in [2.45, 2.75) is 44.9 Å². The maximum atomic E-state index is 6.21. The van der Waals surface area contributed by atoms with Crippen LogP contribution in [0, 0.1) is 0 Å². The van der Waals surface area contributed by atoms with E-state index in [9.17, 15) is 0 Å². The second-order valence-corrected chi connectivity index (χ2v) is 14.5. The molecule has 0 aliphatic rings. The molecule has 0 saturated heterocycles. The molecule has 6 aromatic carbocycles. The molecule has 0 bridgehead atoms. The highest BCUT2D eigenvalue weighted by atomic mass is 16.4. The summed E-state index contributed by atoms with van der Waals surface area (Å²) in [6.45, 7) is 6.63. The Hall–Kier alpha value is -6.27. The van der Waals surface area contributed by atoms with Gasteiger partial charge in [-0.3, -0.25) is 0 Å². The van der Waals surface area contributed by atoms with Gasteiger partial charge in [0.2, 0.25) is 17.7 Å². The van der Waals surface area contributed by atoms with Gasteiger partial charge in [-0.05, 0) is 119 Å². The van der Waals surface area contributed by atoms with Gasteiger partial charge in [0.05, 0.1) is 0 Å². The summed E-state index contributed by atoms with van der Waals surface area (Å²) in [7, 11) is 0. The maximum absolute atomic E-state index is 6.21. The van der Waals surface area contributed by atoms with Gasteiger partial charge < -0.3 is 13.3 Å². The van der Waals surface area contributed by atoms with Gasteiger partial charge in [0.15, 0.2) is 16.7 Å². The molecule has 0 spiro atoms. The van der Waals surface area contributed by atoms with E-state index >= 15 is 0 Å². The zero-order valence-corrected chi connectivity index (χ0v) is 29.3. The minimum Gasteiger partial charge on any atom is -0.436 e. The Kier molecular flexibility index (Phi) is 7.80. The van der Waals surface area contributed by atoms with Crippen molar-refractivity contribution in [3.8, 4) is 34.4 Å². The van der Waals surface area contributed by atoms with E-state index in [-0.39, 0.29) is 11.3 Å². The van der Waals surface area contributed by atoms with Gasteiger partial charge >= 0.3 is 0 Å². The summed E-state index contributed by atoms with van der Waals surface area (Å²) in [5.41, 5.74) is 12.9. The molecule has 0 aliphatic carbocycles. The number of benzene rings is 6. The van der Waals surface area contributed by atoms with Crippen LogP contribution in [0.15, 0.2) is 153 Å². The summed E-state index contributed by atoms with van der Waals surface area (Å²) in [5, 5.41) is 0. The highest BCUT2D eigenvalue weighted by Gasteiger charge is 2.19. The average Bonchev–Trinajstić information content (AvgIpc) is 3.91. The summed E-state index contributed by atoms with van der Waals surface area (Å²) in [6.07, 6.45) is 1.72. The van der Waals surface area contributed by atoms with Crippen molar-refractivity contribution in [2.24, 2.45) is 0 Å². The van der Waals surface area contributed by atoms with Crippen LogP contribution in [0.25, 0.3) is 67.7 Å². The Morgan fingerprint density at radius 2 is 0.885 bits per heavy atom. The molecule has 0 unspecified atom stereocenters. The van der Waals surface area contributed by atoms with E-state index in [0.717, 1.165) is 62.8 Å². The Morgan fingerprint density at radius 3 is 1.35 bits per heavy atom. The fraction of sp³-hybridized carbons (Fsp3) is 0.152. The van der Waals surface area contributed by atoms with Gasteiger partial charge in [-0.25, -0.2) is 15.0 Å². The van der Waals surface area contributed by atoms with Crippen molar-refractivity contribution in [1.29, 1.82) is 0 Å². The molecule has 0 atom stereocenters. The molecule has 3 aromatic heterocycles. The third kappa shape index (κ3) is 6.28. The van der Waals surface area contributed by atoms with Gasteiger partial charge in [-0.15, -0.1) is 0 Å². The van der Waals surface area contributed by atoms with Gasteiger partial charge in [0.1, 0.15) is 16.6 Å². The molecular weight excluding hydrogens is 643 g/mol. The average molecular weight is 680 g/mol. The number of nitrogens with zero attached hydrogens (tertiary/aromatic N) is 3. The standard InChI is InChI=1S/C46H37N3O3/c1-46(2,3)36-24-25-42-39(28-36)49-45(52-42)34-22-20-31(21-23-34)35(26-29-12-16-32(17-13-29)43-47-37-8-4-6-10-40(37)50-43)27-30-14-18-33(19-15-30)44-48-38-9-5-7-11-41(38)51-44/h4-25,28,35H,26-27H2,1-3H3. The van der Waals surface area contributed by atoms with E-state index in [1.807, 2.05) is 54.6 Å². The van der Waals surface area contributed by atoms with Crippen molar-refractivity contribution >= 4 is 33.3 Å². The summed E-state index contributed by atoms with van der Waals surface area (Å²) in [4.78, 5) is 14.2.